The van der Waals surface area contributed by atoms with Gasteiger partial charge < -0.3 is 10.2 Å². The van der Waals surface area contributed by atoms with E-state index in [9.17, 15) is 5.26 Å². The van der Waals surface area contributed by atoms with Crippen molar-refractivity contribution in [2.45, 2.75) is 6.54 Å². The average Bonchev–Trinajstić information content (AvgIpc) is 2.69. The van der Waals surface area contributed by atoms with Gasteiger partial charge >= 0.3 is 0 Å². The van der Waals surface area contributed by atoms with E-state index in [-0.39, 0.29) is 0 Å². The molecule has 3 rings (SSSR count). The Morgan fingerprint density at radius 3 is 2.85 bits per heavy atom. The van der Waals surface area contributed by atoms with Crippen molar-refractivity contribution < 1.29 is 0 Å². The molecule has 1 aliphatic rings. The first-order chi connectivity index (χ1) is 9.79. The molecule has 0 atom stereocenters. The first kappa shape index (κ1) is 13.2. The standard InChI is InChI=1S/C16H14BrN3/c17-14-5-6-16(13(9-14)10-18)20-8-7-19-11-12-3-1-2-4-15(12)20/h1-6,9,19H,7-8,11H2. The lowest BCUT2D eigenvalue weighted by Gasteiger charge is -2.25. The molecule has 0 radical (unpaired) electrons. The molecule has 0 spiro atoms. The van der Waals surface area contributed by atoms with E-state index < -0.39 is 0 Å². The molecule has 20 heavy (non-hydrogen) atoms. The summed E-state index contributed by atoms with van der Waals surface area (Å²) < 4.78 is 0.930. The minimum absolute atomic E-state index is 0.691. The van der Waals surface area contributed by atoms with Crippen LogP contribution in [0.25, 0.3) is 0 Å². The molecular formula is C16H14BrN3. The van der Waals surface area contributed by atoms with Gasteiger partial charge in [-0.2, -0.15) is 5.26 Å². The second kappa shape index (κ2) is 5.66. The van der Waals surface area contributed by atoms with Gasteiger partial charge in [0.05, 0.1) is 11.3 Å². The van der Waals surface area contributed by atoms with E-state index >= 15 is 0 Å². The molecule has 0 saturated carbocycles. The van der Waals surface area contributed by atoms with Gasteiger partial charge in [-0.25, -0.2) is 0 Å². The van der Waals surface area contributed by atoms with Crippen LogP contribution in [-0.2, 0) is 6.54 Å². The molecular weight excluding hydrogens is 314 g/mol. The summed E-state index contributed by atoms with van der Waals surface area (Å²) in [5.74, 6) is 0. The zero-order valence-corrected chi connectivity index (χ0v) is 12.5. The van der Waals surface area contributed by atoms with Gasteiger partial charge in [0, 0.05) is 29.8 Å². The summed E-state index contributed by atoms with van der Waals surface area (Å²) >= 11 is 3.43. The highest BCUT2D eigenvalue weighted by atomic mass is 79.9. The Kier molecular flexibility index (Phi) is 3.72. The maximum absolute atomic E-state index is 9.38. The Morgan fingerprint density at radius 2 is 2.00 bits per heavy atom. The summed E-state index contributed by atoms with van der Waals surface area (Å²) in [6.45, 7) is 2.62. The molecule has 1 aliphatic heterocycles. The van der Waals surface area contributed by atoms with Crippen LogP contribution in [0, 0.1) is 11.3 Å². The fourth-order valence-electron chi connectivity index (χ4n) is 2.54. The number of benzene rings is 2. The number of nitrogens with zero attached hydrogens (tertiary/aromatic N) is 2. The first-order valence-corrected chi connectivity index (χ1v) is 7.35. The number of nitrogens with one attached hydrogen (secondary N) is 1. The van der Waals surface area contributed by atoms with E-state index in [4.69, 9.17) is 0 Å². The lowest BCUT2D eigenvalue weighted by molar-refractivity contribution is 0.712. The molecule has 2 aromatic rings. The Hall–Kier alpha value is -1.83. The zero-order valence-electron chi connectivity index (χ0n) is 10.9. The number of hydrogen-bond acceptors (Lipinski definition) is 3. The minimum atomic E-state index is 0.691. The third-order valence-corrected chi connectivity index (χ3v) is 3.97. The van der Waals surface area contributed by atoms with Crippen LogP contribution in [0.2, 0.25) is 0 Å². The molecule has 4 heteroatoms. The largest absolute Gasteiger partial charge is 0.339 e. The average molecular weight is 328 g/mol. The highest BCUT2D eigenvalue weighted by Crippen LogP contribution is 2.33. The van der Waals surface area contributed by atoms with Crippen molar-refractivity contribution in [3.8, 4) is 6.07 Å². The van der Waals surface area contributed by atoms with Crippen molar-refractivity contribution in [1.82, 2.24) is 5.32 Å². The fraction of sp³-hybridized carbons (Fsp3) is 0.188. The van der Waals surface area contributed by atoms with Crippen molar-refractivity contribution >= 4 is 27.3 Å². The van der Waals surface area contributed by atoms with E-state index in [0.29, 0.717) is 5.56 Å². The molecule has 2 aromatic carbocycles. The Morgan fingerprint density at radius 1 is 1.15 bits per heavy atom. The van der Waals surface area contributed by atoms with E-state index in [0.717, 1.165) is 29.8 Å². The van der Waals surface area contributed by atoms with Gasteiger partial charge in [0.25, 0.3) is 0 Å². The fourth-order valence-corrected chi connectivity index (χ4v) is 2.90. The lowest BCUT2D eigenvalue weighted by atomic mass is 10.1. The van der Waals surface area contributed by atoms with Crippen molar-refractivity contribution in [2.24, 2.45) is 0 Å². The molecule has 1 heterocycles. The summed E-state index contributed by atoms with van der Waals surface area (Å²) in [6.07, 6.45) is 0. The molecule has 0 amide bonds. The summed E-state index contributed by atoms with van der Waals surface area (Å²) in [5.41, 5.74) is 4.09. The van der Waals surface area contributed by atoms with Gasteiger partial charge in [-0.15, -0.1) is 0 Å². The molecule has 0 fully saturated rings. The lowest BCUT2D eigenvalue weighted by Crippen LogP contribution is -2.25. The van der Waals surface area contributed by atoms with E-state index in [1.807, 2.05) is 24.3 Å². The summed E-state index contributed by atoms with van der Waals surface area (Å²) in [4.78, 5) is 2.22. The Bertz CT molecular complexity index is 676. The van der Waals surface area contributed by atoms with E-state index in [1.54, 1.807) is 0 Å². The highest BCUT2D eigenvalue weighted by molar-refractivity contribution is 9.10. The van der Waals surface area contributed by atoms with Crippen LogP contribution in [0.3, 0.4) is 0 Å². The van der Waals surface area contributed by atoms with Crippen molar-refractivity contribution in [1.29, 1.82) is 5.26 Å². The van der Waals surface area contributed by atoms with Crippen LogP contribution in [-0.4, -0.2) is 13.1 Å². The predicted molar refractivity (Wildman–Crippen MR) is 84.0 cm³/mol. The third-order valence-electron chi connectivity index (χ3n) is 3.48. The smallest absolute Gasteiger partial charge is 0.101 e. The van der Waals surface area contributed by atoms with Crippen LogP contribution in [0.1, 0.15) is 11.1 Å². The molecule has 100 valence electrons. The topological polar surface area (TPSA) is 39.1 Å². The number of anilines is 2. The van der Waals surface area contributed by atoms with E-state index in [2.05, 4.69) is 50.4 Å². The van der Waals surface area contributed by atoms with Crippen LogP contribution in [0.15, 0.2) is 46.9 Å². The predicted octanol–water partition coefficient (Wildman–Crippen LogP) is 3.56. The number of halogens is 1. The number of para-hydroxylation sites is 1. The minimum Gasteiger partial charge on any atom is -0.339 e. The van der Waals surface area contributed by atoms with Gasteiger partial charge in [-0.1, -0.05) is 34.1 Å². The number of hydrogen-bond donors (Lipinski definition) is 1. The second-order valence-electron chi connectivity index (χ2n) is 4.73. The Balaban J connectivity index is 2.13. The van der Waals surface area contributed by atoms with Gasteiger partial charge in [0.15, 0.2) is 0 Å². The van der Waals surface area contributed by atoms with Gasteiger partial charge in [-0.3, -0.25) is 0 Å². The maximum atomic E-state index is 9.38. The van der Waals surface area contributed by atoms with Gasteiger partial charge in [-0.05, 0) is 29.8 Å². The molecule has 0 aliphatic carbocycles. The molecule has 3 nitrogen and oxygen atoms in total. The summed E-state index contributed by atoms with van der Waals surface area (Å²) in [5, 5.41) is 12.8. The zero-order chi connectivity index (χ0) is 13.9. The second-order valence-corrected chi connectivity index (χ2v) is 5.65. The molecule has 0 saturated heterocycles. The van der Waals surface area contributed by atoms with Gasteiger partial charge in [0.1, 0.15) is 6.07 Å². The normalized spacial score (nSPS) is 14.3. The van der Waals surface area contributed by atoms with Crippen molar-refractivity contribution in [2.75, 3.05) is 18.0 Å². The first-order valence-electron chi connectivity index (χ1n) is 6.55. The Labute approximate surface area is 127 Å². The van der Waals surface area contributed by atoms with Crippen LogP contribution < -0.4 is 10.2 Å². The van der Waals surface area contributed by atoms with Crippen LogP contribution in [0.5, 0.6) is 0 Å². The number of rotatable bonds is 1. The highest BCUT2D eigenvalue weighted by Gasteiger charge is 2.18. The number of fused-ring (bicyclic) bond motifs is 1. The molecule has 0 aromatic heterocycles. The SMILES string of the molecule is N#Cc1cc(Br)ccc1N1CCNCc2ccccc21. The quantitative estimate of drug-likeness (QED) is 0.870. The number of nitriles is 1. The van der Waals surface area contributed by atoms with E-state index in [1.165, 1.54) is 11.3 Å². The van der Waals surface area contributed by atoms with Crippen molar-refractivity contribution in [3.05, 3.63) is 58.1 Å². The van der Waals surface area contributed by atoms with Crippen LogP contribution in [0.4, 0.5) is 11.4 Å². The van der Waals surface area contributed by atoms with Crippen LogP contribution >= 0.6 is 15.9 Å². The molecule has 0 unspecified atom stereocenters. The monoisotopic (exact) mass is 327 g/mol. The van der Waals surface area contributed by atoms with Gasteiger partial charge in [0.2, 0.25) is 0 Å². The molecule has 1 N–H and O–H groups in total. The third kappa shape index (κ3) is 2.43. The molecule has 0 bridgehead atoms. The summed E-state index contributed by atoms with van der Waals surface area (Å²) in [7, 11) is 0. The summed E-state index contributed by atoms with van der Waals surface area (Å²) in [6, 6.07) is 16.5. The maximum Gasteiger partial charge on any atom is 0.101 e. The van der Waals surface area contributed by atoms with Crippen molar-refractivity contribution in [3.63, 3.8) is 0 Å².